The largest absolute Gasteiger partial charge is 0.335 e. The molecule has 3 aromatic heterocycles. The van der Waals surface area contributed by atoms with E-state index in [0.717, 1.165) is 5.69 Å². The van der Waals surface area contributed by atoms with Crippen LogP contribution in [0.4, 0.5) is 0 Å². The molecule has 30 heavy (non-hydrogen) atoms. The van der Waals surface area contributed by atoms with Gasteiger partial charge in [0, 0.05) is 38.8 Å². The fourth-order valence-corrected chi connectivity index (χ4v) is 4.92. The van der Waals surface area contributed by atoms with E-state index >= 15 is 0 Å². The fraction of sp³-hybridized carbons (Fsp3) is 0.148. The molecule has 0 aliphatic carbocycles. The first-order valence-corrected chi connectivity index (χ1v) is 10.4. The highest BCUT2D eigenvalue weighted by Gasteiger charge is 2.22. The van der Waals surface area contributed by atoms with Gasteiger partial charge in [-0.05, 0) is 57.2 Å². The van der Waals surface area contributed by atoms with Crippen molar-refractivity contribution in [2.75, 3.05) is 0 Å². The average molecular weight is 390 g/mol. The van der Waals surface area contributed by atoms with Gasteiger partial charge in [0.15, 0.2) is 0 Å². The summed E-state index contributed by atoms with van der Waals surface area (Å²) >= 11 is 0. The molecule has 3 nitrogen and oxygen atoms in total. The molecule has 0 aliphatic rings. The maximum Gasteiger partial charge on any atom is 0.0645 e. The van der Waals surface area contributed by atoms with Crippen LogP contribution in [0.15, 0.2) is 85.2 Å². The van der Waals surface area contributed by atoms with Gasteiger partial charge in [0.2, 0.25) is 0 Å². The van der Waals surface area contributed by atoms with Crippen molar-refractivity contribution in [2.45, 2.75) is 26.3 Å². The lowest BCUT2D eigenvalue weighted by Gasteiger charge is -2.24. The van der Waals surface area contributed by atoms with E-state index in [-0.39, 0.29) is 5.54 Å². The Labute approximate surface area is 175 Å². The molecule has 0 fully saturated rings. The SMILES string of the molecule is CC(C)(C)n1c2ccccc2c2cc3c(cc21)c1ccccc1n3-c1cccnc1. The molecule has 0 spiro atoms. The minimum absolute atomic E-state index is 0.0171. The van der Waals surface area contributed by atoms with Gasteiger partial charge in [-0.15, -0.1) is 0 Å². The Kier molecular flexibility index (Phi) is 3.43. The Morgan fingerprint density at radius 3 is 1.97 bits per heavy atom. The third-order valence-corrected chi connectivity index (χ3v) is 6.04. The molecule has 146 valence electrons. The van der Waals surface area contributed by atoms with Gasteiger partial charge in [-0.1, -0.05) is 36.4 Å². The van der Waals surface area contributed by atoms with E-state index in [0.29, 0.717) is 0 Å². The Bertz CT molecular complexity index is 1560. The summed E-state index contributed by atoms with van der Waals surface area (Å²) in [6.07, 6.45) is 3.76. The molecule has 0 amide bonds. The summed E-state index contributed by atoms with van der Waals surface area (Å²) < 4.78 is 4.81. The van der Waals surface area contributed by atoms with E-state index in [1.807, 2.05) is 18.5 Å². The van der Waals surface area contributed by atoms with Crippen molar-refractivity contribution in [1.82, 2.24) is 14.1 Å². The molecule has 0 saturated carbocycles. The molecule has 6 rings (SSSR count). The van der Waals surface area contributed by atoms with E-state index in [9.17, 15) is 0 Å². The summed E-state index contributed by atoms with van der Waals surface area (Å²) in [4.78, 5) is 4.38. The first-order valence-electron chi connectivity index (χ1n) is 10.4. The topological polar surface area (TPSA) is 22.8 Å². The quantitative estimate of drug-likeness (QED) is 0.296. The monoisotopic (exact) mass is 389 g/mol. The third-order valence-electron chi connectivity index (χ3n) is 6.04. The van der Waals surface area contributed by atoms with Crippen LogP contribution in [-0.4, -0.2) is 14.1 Å². The van der Waals surface area contributed by atoms with Gasteiger partial charge in [0.05, 0.1) is 28.4 Å². The average Bonchev–Trinajstić information content (AvgIpc) is 3.25. The van der Waals surface area contributed by atoms with Crippen LogP contribution in [0.1, 0.15) is 20.8 Å². The van der Waals surface area contributed by atoms with Gasteiger partial charge in [-0.25, -0.2) is 0 Å². The van der Waals surface area contributed by atoms with E-state index < -0.39 is 0 Å². The van der Waals surface area contributed by atoms with Crippen molar-refractivity contribution in [2.24, 2.45) is 0 Å². The van der Waals surface area contributed by atoms with Crippen LogP contribution in [-0.2, 0) is 5.54 Å². The van der Waals surface area contributed by atoms with Crippen LogP contribution in [0.2, 0.25) is 0 Å². The smallest absolute Gasteiger partial charge is 0.0645 e. The van der Waals surface area contributed by atoms with Crippen LogP contribution in [0.25, 0.3) is 49.3 Å². The number of hydrogen-bond donors (Lipinski definition) is 0. The molecule has 0 atom stereocenters. The third kappa shape index (κ3) is 2.29. The number of pyridine rings is 1. The summed E-state index contributed by atoms with van der Waals surface area (Å²) in [5.41, 5.74) is 6.06. The highest BCUT2D eigenvalue weighted by molar-refractivity contribution is 6.18. The fourth-order valence-electron chi connectivity index (χ4n) is 4.92. The maximum absolute atomic E-state index is 4.38. The lowest BCUT2D eigenvalue weighted by Crippen LogP contribution is -2.21. The predicted octanol–water partition coefficient (Wildman–Crippen LogP) is 7.04. The molecule has 0 bridgehead atoms. The number of hydrogen-bond acceptors (Lipinski definition) is 1. The van der Waals surface area contributed by atoms with Gasteiger partial charge < -0.3 is 9.13 Å². The molecule has 0 saturated heterocycles. The zero-order chi connectivity index (χ0) is 20.5. The first kappa shape index (κ1) is 17.3. The zero-order valence-electron chi connectivity index (χ0n) is 17.4. The number of para-hydroxylation sites is 2. The number of fused-ring (bicyclic) bond motifs is 6. The van der Waals surface area contributed by atoms with E-state index in [1.54, 1.807) is 0 Å². The summed E-state index contributed by atoms with van der Waals surface area (Å²) in [6.45, 7) is 6.84. The lowest BCUT2D eigenvalue weighted by atomic mass is 10.1. The van der Waals surface area contributed by atoms with Crippen LogP contribution in [0, 0.1) is 0 Å². The Morgan fingerprint density at radius 1 is 0.633 bits per heavy atom. The van der Waals surface area contributed by atoms with E-state index in [2.05, 4.69) is 102 Å². The second kappa shape index (κ2) is 5.96. The molecule has 3 aromatic carbocycles. The number of nitrogens with zero attached hydrogens (tertiary/aromatic N) is 3. The first-order chi connectivity index (χ1) is 14.5. The minimum atomic E-state index is -0.0171. The van der Waals surface area contributed by atoms with Gasteiger partial charge in [0.25, 0.3) is 0 Å². The maximum atomic E-state index is 4.38. The van der Waals surface area contributed by atoms with Gasteiger partial charge in [0.1, 0.15) is 0 Å². The molecule has 0 radical (unpaired) electrons. The molecule has 3 heterocycles. The van der Waals surface area contributed by atoms with Crippen molar-refractivity contribution < 1.29 is 0 Å². The number of benzene rings is 3. The minimum Gasteiger partial charge on any atom is -0.335 e. The van der Waals surface area contributed by atoms with E-state index in [4.69, 9.17) is 0 Å². The van der Waals surface area contributed by atoms with E-state index in [1.165, 1.54) is 43.6 Å². The van der Waals surface area contributed by atoms with Crippen molar-refractivity contribution in [3.63, 3.8) is 0 Å². The highest BCUT2D eigenvalue weighted by atomic mass is 15.1. The zero-order valence-corrected chi connectivity index (χ0v) is 17.4. The number of aromatic nitrogens is 3. The number of rotatable bonds is 1. The van der Waals surface area contributed by atoms with Crippen LogP contribution < -0.4 is 0 Å². The highest BCUT2D eigenvalue weighted by Crippen LogP contribution is 2.40. The molecule has 0 aliphatic heterocycles. The van der Waals surface area contributed by atoms with Gasteiger partial charge in [-0.3, -0.25) is 4.98 Å². The van der Waals surface area contributed by atoms with Crippen molar-refractivity contribution in [3.8, 4) is 5.69 Å². The molecular weight excluding hydrogens is 366 g/mol. The normalized spacial score (nSPS) is 12.5. The molecule has 0 unspecified atom stereocenters. The standard InChI is InChI=1S/C27H23N3/c1-27(2,3)30-24-13-7-5-11-20(24)22-15-25-21(16-26(22)30)19-10-4-6-12-23(19)29(25)18-9-8-14-28-17-18/h4-17H,1-3H3. The van der Waals surface area contributed by atoms with Crippen LogP contribution in [0.5, 0.6) is 0 Å². The summed E-state index contributed by atoms with van der Waals surface area (Å²) in [5.74, 6) is 0. The van der Waals surface area contributed by atoms with Gasteiger partial charge >= 0.3 is 0 Å². The Morgan fingerprint density at radius 2 is 1.27 bits per heavy atom. The molecule has 6 aromatic rings. The van der Waals surface area contributed by atoms with Crippen LogP contribution in [0.3, 0.4) is 0 Å². The Hall–Kier alpha value is -3.59. The second-order valence-corrected chi connectivity index (χ2v) is 8.97. The molecule has 3 heteroatoms. The lowest BCUT2D eigenvalue weighted by molar-refractivity contribution is 0.423. The second-order valence-electron chi connectivity index (χ2n) is 8.97. The molecular formula is C27H23N3. The van der Waals surface area contributed by atoms with Gasteiger partial charge in [-0.2, -0.15) is 0 Å². The summed E-state index contributed by atoms with van der Waals surface area (Å²) in [6, 6.07) is 26.3. The van der Waals surface area contributed by atoms with Crippen molar-refractivity contribution in [1.29, 1.82) is 0 Å². The van der Waals surface area contributed by atoms with Crippen molar-refractivity contribution >= 4 is 43.6 Å². The summed E-state index contributed by atoms with van der Waals surface area (Å²) in [5, 5.41) is 5.13. The predicted molar refractivity (Wildman–Crippen MR) is 127 cm³/mol. The Balaban J connectivity index is 1.87. The van der Waals surface area contributed by atoms with Crippen LogP contribution >= 0.6 is 0 Å². The molecule has 0 N–H and O–H groups in total. The summed E-state index contributed by atoms with van der Waals surface area (Å²) in [7, 11) is 0. The van der Waals surface area contributed by atoms with Crippen molar-refractivity contribution in [3.05, 3.63) is 85.2 Å².